The second-order valence-corrected chi connectivity index (χ2v) is 7.54. The third-order valence-corrected chi connectivity index (χ3v) is 5.27. The molecule has 1 N–H and O–H groups in total. The molecule has 6 heteroatoms. The van der Waals surface area contributed by atoms with Crippen molar-refractivity contribution < 1.29 is 14.3 Å². The first-order valence-electron chi connectivity index (χ1n) is 9.06. The van der Waals surface area contributed by atoms with E-state index in [0.717, 1.165) is 27.4 Å². The first-order valence-corrected chi connectivity index (χ1v) is 9.94. The van der Waals surface area contributed by atoms with Gasteiger partial charge >= 0.3 is 0 Å². The molecule has 0 atom stereocenters. The Hall–Kier alpha value is -2.86. The van der Waals surface area contributed by atoms with E-state index in [-0.39, 0.29) is 11.8 Å². The number of nitrogens with one attached hydrogen (secondary N) is 1. The van der Waals surface area contributed by atoms with Gasteiger partial charge in [-0.15, -0.1) is 11.3 Å². The Morgan fingerprint density at radius 3 is 2.36 bits per heavy atom. The van der Waals surface area contributed by atoms with Crippen LogP contribution in [0.15, 0.2) is 47.8 Å². The lowest BCUT2D eigenvalue weighted by Crippen LogP contribution is -2.27. The van der Waals surface area contributed by atoms with Gasteiger partial charge in [0.05, 0.1) is 19.9 Å². The van der Waals surface area contributed by atoms with Crippen LogP contribution in [0.1, 0.15) is 19.4 Å². The first-order chi connectivity index (χ1) is 13.5. The number of carbonyl (C=O) groups is 1. The topological polar surface area (TPSA) is 60.5 Å². The van der Waals surface area contributed by atoms with Crippen LogP contribution in [0.4, 0.5) is 0 Å². The molecule has 3 rings (SSSR count). The zero-order valence-corrected chi connectivity index (χ0v) is 17.3. The van der Waals surface area contributed by atoms with E-state index in [2.05, 4.69) is 5.32 Å². The van der Waals surface area contributed by atoms with E-state index in [0.29, 0.717) is 18.0 Å². The highest BCUT2D eigenvalue weighted by Gasteiger charge is 2.11. The van der Waals surface area contributed by atoms with Gasteiger partial charge in [0.15, 0.2) is 11.5 Å². The molecule has 0 aliphatic carbocycles. The minimum absolute atomic E-state index is 0.00964. The van der Waals surface area contributed by atoms with Crippen LogP contribution in [0.2, 0.25) is 0 Å². The van der Waals surface area contributed by atoms with E-state index in [1.54, 1.807) is 25.6 Å². The Balaban J connectivity index is 1.74. The minimum Gasteiger partial charge on any atom is -0.493 e. The SMILES string of the molecule is COc1ccc(-c2csc(-c3ccc(CNC(=O)C(C)C)cc3)n2)cc1OC. The van der Waals surface area contributed by atoms with Crippen LogP contribution in [0, 0.1) is 5.92 Å². The van der Waals surface area contributed by atoms with Crippen LogP contribution in [0.5, 0.6) is 11.5 Å². The van der Waals surface area contributed by atoms with Crippen molar-refractivity contribution in [1.29, 1.82) is 0 Å². The fraction of sp³-hybridized carbons (Fsp3) is 0.273. The molecule has 1 aromatic heterocycles. The van der Waals surface area contributed by atoms with Gasteiger partial charge < -0.3 is 14.8 Å². The fourth-order valence-corrected chi connectivity index (χ4v) is 3.53. The quantitative estimate of drug-likeness (QED) is 0.625. The van der Waals surface area contributed by atoms with Crippen molar-refractivity contribution in [3.05, 3.63) is 53.4 Å². The number of amides is 1. The predicted molar refractivity (Wildman–Crippen MR) is 113 cm³/mol. The summed E-state index contributed by atoms with van der Waals surface area (Å²) >= 11 is 1.60. The first kappa shape index (κ1) is 19.9. The molecule has 0 spiro atoms. The fourth-order valence-electron chi connectivity index (χ4n) is 2.69. The molecule has 0 unspecified atom stereocenters. The molecule has 0 saturated carbocycles. The van der Waals surface area contributed by atoms with Gasteiger partial charge in [0.2, 0.25) is 5.91 Å². The van der Waals surface area contributed by atoms with Gasteiger partial charge in [0, 0.05) is 29.0 Å². The molecule has 28 heavy (non-hydrogen) atoms. The molecule has 1 amide bonds. The number of methoxy groups -OCH3 is 2. The van der Waals surface area contributed by atoms with Gasteiger partial charge in [0.1, 0.15) is 5.01 Å². The molecule has 0 aliphatic rings. The van der Waals surface area contributed by atoms with Crippen LogP contribution in [0.25, 0.3) is 21.8 Å². The van der Waals surface area contributed by atoms with Gasteiger partial charge in [0.25, 0.3) is 0 Å². The molecule has 0 fully saturated rings. The summed E-state index contributed by atoms with van der Waals surface area (Å²) in [5, 5.41) is 5.91. The van der Waals surface area contributed by atoms with Crippen LogP contribution >= 0.6 is 11.3 Å². The number of nitrogens with zero attached hydrogens (tertiary/aromatic N) is 1. The summed E-state index contributed by atoms with van der Waals surface area (Å²) in [7, 11) is 3.25. The third kappa shape index (κ3) is 4.51. The second kappa shape index (κ2) is 8.89. The molecule has 0 saturated heterocycles. The van der Waals surface area contributed by atoms with Crippen molar-refractivity contribution in [2.24, 2.45) is 5.92 Å². The molecular weight excluding hydrogens is 372 g/mol. The Bertz CT molecular complexity index is 949. The Labute approximate surface area is 169 Å². The van der Waals surface area contributed by atoms with Crippen LogP contribution < -0.4 is 14.8 Å². The molecule has 3 aromatic rings. The average molecular weight is 397 g/mol. The van der Waals surface area contributed by atoms with Crippen molar-refractivity contribution in [1.82, 2.24) is 10.3 Å². The van der Waals surface area contributed by atoms with Crippen molar-refractivity contribution in [3.8, 4) is 33.3 Å². The number of ether oxygens (including phenoxy) is 2. The maximum absolute atomic E-state index is 11.7. The van der Waals surface area contributed by atoms with Crippen LogP contribution in [-0.4, -0.2) is 25.1 Å². The number of hydrogen-bond acceptors (Lipinski definition) is 5. The zero-order valence-electron chi connectivity index (χ0n) is 16.5. The molecule has 2 aromatic carbocycles. The number of aromatic nitrogens is 1. The van der Waals surface area contributed by atoms with Gasteiger partial charge in [-0.05, 0) is 23.8 Å². The Morgan fingerprint density at radius 1 is 1.04 bits per heavy atom. The number of hydrogen-bond donors (Lipinski definition) is 1. The van der Waals surface area contributed by atoms with Gasteiger partial charge in [-0.1, -0.05) is 38.1 Å². The summed E-state index contributed by atoms with van der Waals surface area (Å²) in [6, 6.07) is 13.9. The van der Waals surface area contributed by atoms with E-state index in [1.807, 2.05) is 61.7 Å². The highest BCUT2D eigenvalue weighted by molar-refractivity contribution is 7.13. The van der Waals surface area contributed by atoms with Crippen molar-refractivity contribution in [2.75, 3.05) is 14.2 Å². The Morgan fingerprint density at radius 2 is 1.71 bits per heavy atom. The smallest absolute Gasteiger partial charge is 0.222 e. The van der Waals surface area contributed by atoms with Gasteiger partial charge in [-0.2, -0.15) is 0 Å². The molecule has 1 heterocycles. The van der Waals surface area contributed by atoms with E-state index in [1.165, 1.54) is 0 Å². The summed E-state index contributed by atoms with van der Waals surface area (Å²) in [5.74, 6) is 1.43. The average Bonchev–Trinajstić information content (AvgIpc) is 3.22. The zero-order chi connectivity index (χ0) is 20.1. The maximum atomic E-state index is 11.7. The number of rotatable bonds is 7. The van der Waals surface area contributed by atoms with Crippen molar-refractivity contribution >= 4 is 17.2 Å². The molecular formula is C22H24N2O3S. The van der Waals surface area contributed by atoms with Gasteiger partial charge in [-0.25, -0.2) is 4.98 Å². The highest BCUT2D eigenvalue weighted by Crippen LogP contribution is 2.34. The standard InChI is InChI=1S/C22H24N2O3S/c1-14(2)21(25)23-12-15-5-7-16(8-6-15)22-24-18(13-28-22)17-9-10-19(26-3)20(11-17)27-4/h5-11,13-14H,12H2,1-4H3,(H,23,25). The third-order valence-electron chi connectivity index (χ3n) is 4.38. The van der Waals surface area contributed by atoms with E-state index in [9.17, 15) is 4.79 Å². The molecule has 146 valence electrons. The number of carbonyl (C=O) groups excluding carboxylic acids is 1. The minimum atomic E-state index is -0.00964. The lowest BCUT2D eigenvalue weighted by Gasteiger charge is -2.08. The highest BCUT2D eigenvalue weighted by atomic mass is 32.1. The monoisotopic (exact) mass is 396 g/mol. The Kier molecular flexibility index (Phi) is 6.31. The number of benzene rings is 2. The second-order valence-electron chi connectivity index (χ2n) is 6.68. The largest absolute Gasteiger partial charge is 0.493 e. The summed E-state index contributed by atoms with van der Waals surface area (Å²) in [6.07, 6.45) is 0. The lowest BCUT2D eigenvalue weighted by atomic mass is 10.1. The summed E-state index contributed by atoms with van der Waals surface area (Å²) in [4.78, 5) is 16.5. The van der Waals surface area contributed by atoms with Crippen LogP contribution in [-0.2, 0) is 11.3 Å². The van der Waals surface area contributed by atoms with Crippen molar-refractivity contribution in [3.63, 3.8) is 0 Å². The lowest BCUT2D eigenvalue weighted by molar-refractivity contribution is -0.124. The van der Waals surface area contributed by atoms with E-state index < -0.39 is 0 Å². The van der Waals surface area contributed by atoms with Gasteiger partial charge in [-0.3, -0.25) is 4.79 Å². The molecule has 0 radical (unpaired) electrons. The summed E-state index contributed by atoms with van der Waals surface area (Å²) in [6.45, 7) is 4.31. The number of thiazole rings is 1. The van der Waals surface area contributed by atoms with Crippen LogP contribution in [0.3, 0.4) is 0 Å². The van der Waals surface area contributed by atoms with E-state index in [4.69, 9.17) is 14.5 Å². The molecule has 0 aliphatic heterocycles. The van der Waals surface area contributed by atoms with E-state index >= 15 is 0 Å². The normalized spacial score (nSPS) is 10.8. The van der Waals surface area contributed by atoms with Crippen molar-refractivity contribution in [2.45, 2.75) is 20.4 Å². The summed E-state index contributed by atoms with van der Waals surface area (Å²) in [5.41, 5.74) is 3.99. The summed E-state index contributed by atoms with van der Waals surface area (Å²) < 4.78 is 10.7. The molecule has 5 nitrogen and oxygen atoms in total. The predicted octanol–water partition coefficient (Wildman–Crippen LogP) is 4.77. The molecule has 0 bridgehead atoms. The maximum Gasteiger partial charge on any atom is 0.222 e.